The Morgan fingerprint density at radius 2 is 1.02 bits per heavy atom. The van der Waals surface area contributed by atoms with Crippen LogP contribution in [-0.2, 0) is 25.8 Å². The van der Waals surface area contributed by atoms with Crippen molar-refractivity contribution < 1.29 is 22.5 Å². The molecule has 4 bridgehead atoms. The van der Waals surface area contributed by atoms with Gasteiger partial charge in [0.2, 0.25) is 0 Å². The Bertz CT molecular complexity index is 1480. The Balaban J connectivity index is 0.000000153. The summed E-state index contributed by atoms with van der Waals surface area (Å²) < 4.78 is 38.3. The van der Waals surface area contributed by atoms with Crippen LogP contribution in [0.5, 0.6) is 5.75 Å². The van der Waals surface area contributed by atoms with Crippen molar-refractivity contribution in [3.63, 3.8) is 0 Å². The number of rotatable bonds is 6. The van der Waals surface area contributed by atoms with Crippen molar-refractivity contribution in [1.29, 1.82) is 0 Å². The topological polar surface area (TPSA) is 83.5 Å². The second kappa shape index (κ2) is 12.1. The van der Waals surface area contributed by atoms with E-state index in [1.165, 1.54) is 58.2 Å². The molecule has 8 rings (SSSR count). The number of esters is 1. The third-order valence-electron chi connectivity index (χ3n) is 8.73. The summed E-state index contributed by atoms with van der Waals surface area (Å²) in [5.74, 6) is 2.08. The van der Waals surface area contributed by atoms with E-state index in [4.69, 9.17) is 4.74 Å². The van der Waals surface area contributed by atoms with Crippen molar-refractivity contribution in [3.05, 3.63) is 115 Å². The smallest absolute Gasteiger partial charge is 0.317 e. The van der Waals surface area contributed by atoms with Crippen molar-refractivity contribution >= 4 is 27.0 Å². The summed E-state index contributed by atoms with van der Waals surface area (Å²) in [6.45, 7) is 0. The molecular weight excluding hydrogens is 565 g/mol. The second-order valence-electron chi connectivity index (χ2n) is 11.8. The molecule has 4 saturated carbocycles. The molecule has 5 nitrogen and oxygen atoms in total. The fourth-order valence-corrected chi connectivity index (χ4v) is 9.90. The molecule has 0 aromatic heterocycles. The minimum absolute atomic E-state index is 0.0146. The highest BCUT2D eigenvalue weighted by Crippen LogP contribution is 2.60. The van der Waals surface area contributed by atoms with Crippen LogP contribution in [-0.4, -0.2) is 18.9 Å². The van der Waals surface area contributed by atoms with Gasteiger partial charge in [-0.1, -0.05) is 54.6 Å². The molecule has 7 heteroatoms. The molecule has 0 amide bonds. The van der Waals surface area contributed by atoms with E-state index in [1.54, 1.807) is 0 Å². The van der Waals surface area contributed by atoms with E-state index in [1.807, 2.05) is 0 Å². The molecule has 4 aromatic rings. The van der Waals surface area contributed by atoms with E-state index < -0.39 is 10.1 Å². The van der Waals surface area contributed by atoms with Crippen molar-refractivity contribution in [2.75, 3.05) is 0 Å². The normalized spacial score (nSPS) is 24.1. The van der Waals surface area contributed by atoms with E-state index in [0.29, 0.717) is 23.5 Å². The average molecular weight is 599 g/mol. The molecule has 0 saturated heterocycles. The van der Waals surface area contributed by atoms with Crippen LogP contribution in [0, 0.1) is 23.2 Å². The zero-order valence-electron chi connectivity index (χ0n) is 23.3. The summed E-state index contributed by atoms with van der Waals surface area (Å²) in [6.07, 6.45) is 6.52. The molecule has 42 heavy (non-hydrogen) atoms. The van der Waals surface area contributed by atoms with Gasteiger partial charge >= 0.3 is 5.97 Å². The van der Waals surface area contributed by atoms with Crippen LogP contribution >= 0.6 is 0 Å². The lowest BCUT2D eigenvalue weighted by atomic mass is 9.49. The predicted molar refractivity (Wildman–Crippen MR) is 162 cm³/mol. The van der Waals surface area contributed by atoms with E-state index in [9.17, 15) is 17.8 Å². The summed E-state index contributed by atoms with van der Waals surface area (Å²) in [5, 5.41) is 0. The minimum Gasteiger partial charge on any atom is -0.744 e. The fourth-order valence-electron chi connectivity index (χ4n) is 7.33. The second-order valence-corrected chi connectivity index (χ2v) is 15.2. The van der Waals surface area contributed by atoms with Gasteiger partial charge in [-0.25, -0.2) is 8.42 Å². The quantitative estimate of drug-likeness (QED) is 0.0994. The Labute approximate surface area is 251 Å². The van der Waals surface area contributed by atoms with Crippen LogP contribution < -0.4 is 4.74 Å². The van der Waals surface area contributed by atoms with Gasteiger partial charge in [-0.15, -0.1) is 0 Å². The third-order valence-corrected chi connectivity index (χ3v) is 11.8. The van der Waals surface area contributed by atoms with Gasteiger partial charge in [-0.3, -0.25) is 4.79 Å². The van der Waals surface area contributed by atoms with Crippen LogP contribution in [0.4, 0.5) is 0 Å². The summed E-state index contributed by atoms with van der Waals surface area (Å²) in [4.78, 5) is 16.5. The number of carbonyl (C=O) groups is 1. The number of hydrogen-bond acceptors (Lipinski definition) is 5. The highest BCUT2D eigenvalue weighted by molar-refractivity contribution is 7.97. The lowest BCUT2D eigenvalue weighted by Crippen LogP contribution is -2.51. The SMILES string of the molecule is O=C(Oc1ccc(S(=O)(=O)[O-])cc1)C12CC3CC(CC(C3)C1)C2.c1ccc([S+](c2ccccc2)c2ccccc2)cc1. The molecule has 0 radical (unpaired) electrons. The molecule has 0 spiro atoms. The summed E-state index contributed by atoms with van der Waals surface area (Å²) >= 11 is 0. The number of carbonyl (C=O) groups excluding carboxylic acids is 1. The minimum atomic E-state index is -4.48. The number of hydrogen-bond donors (Lipinski definition) is 0. The van der Waals surface area contributed by atoms with Gasteiger partial charge in [0.25, 0.3) is 0 Å². The maximum absolute atomic E-state index is 12.7. The van der Waals surface area contributed by atoms with Crippen molar-refractivity contribution in [2.45, 2.75) is 58.1 Å². The van der Waals surface area contributed by atoms with Crippen molar-refractivity contribution in [1.82, 2.24) is 0 Å². The van der Waals surface area contributed by atoms with Crippen LogP contribution in [0.2, 0.25) is 0 Å². The van der Waals surface area contributed by atoms with Gasteiger partial charge in [0.1, 0.15) is 15.9 Å². The zero-order chi connectivity index (χ0) is 29.2. The van der Waals surface area contributed by atoms with Crippen LogP contribution in [0.15, 0.2) is 135 Å². The molecule has 4 fully saturated rings. The molecule has 0 atom stereocenters. The Morgan fingerprint density at radius 3 is 1.38 bits per heavy atom. The lowest BCUT2D eigenvalue weighted by molar-refractivity contribution is -0.161. The molecule has 216 valence electrons. The van der Waals surface area contributed by atoms with Crippen LogP contribution in [0.1, 0.15) is 38.5 Å². The van der Waals surface area contributed by atoms with Gasteiger partial charge in [0, 0.05) is 0 Å². The van der Waals surface area contributed by atoms with Crippen molar-refractivity contribution in [3.8, 4) is 5.75 Å². The summed E-state index contributed by atoms with van der Waals surface area (Å²) in [5.41, 5.74) is -0.349. The third kappa shape index (κ3) is 6.33. The first kappa shape index (κ1) is 28.7. The molecule has 0 unspecified atom stereocenters. The molecular formula is C35H34O5S2. The highest BCUT2D eigenvalue weighted by atomic mass is 32.2. The monoisotopic (exact) mass is 598 g/mol. The van der Waals surface area contributed by atoms with E-state index >= 15 is 0 Å². The lowest BCUT2D eigenvalue weighted by Gasteiger charge is -2.55. The van der Waals surface area contributed by atoms with Gasteiger partial charge < -0.3 is 9.29 Å². The molecule has 0 N–H and O–H groups in total. The van der Waals surface area contributed by atoms with Gasteiger partial charge in [-0.05, 0) is 117 Å². The molecule has 4 aliphatic rings. The first-order valence-corrected chi connectivity index (χ1v) is 17.1. The van der Waals surface area contributed by atoms with Gasteiger partial charge in [-0.2, -0.15) is 0 Å². The molecule has 4 aliphatic carbocycles. The average Bonchev–Trinajstić information content (AvgIpc) is 2.99. The van der Waals surface area contributed by atoms with E-state index in [2.05, 4.69) is 91.0 Å². The predicted octanol–water partition coefficient (Wildman–Crippen LogP) is 7.49. The molecule has 0 aliphatic heterocycles. The standard InChI is InChI=1S/C18H15S.C17H20O5S/c1-4-10-16(11-5-1)19(17-12-6-2-7-13-17)18-14-8-3-9-15-18;18-16(22-14-1-3-15(4-2-14)23(19,20)21)17-8-11-5-12(9-17)7-13(6-11)10-17/h1-15H;1-4,11-13H,5-10H2,(H,19,20,21)/q+1;/p-1. The first-order valence-electron chi connectivity index (χ1n) is 14.5. The van der Waals surface area contributed by atoms with Crippen LogP contribution in [0.3, 0.4) is 0 Å². The van der Waals surface area contributed by atoms with Crippen LogP contribution in [0.25, 0.3) is 0 Å². The fraction of sp³-hybridized carbons (Fsp3) is 0.286. The van der Waals surface area contributed by atoms with Crippen molar-refractivity contribution in [2.24, 2.45) is 23.2 Å². The highest BCUT2D eigenvalue weighted by Gasteiger charge is 2.55. The van der Waals surface area contributed by atoms with Gasteiger partial charge in [0.05, 0.1) is 21.2 Å². The number of benzene rings is 4. The summed E-state index contributed by atoms with van der Waals surface area (Å²) in [6, 6.07) is 37.3. The number of ether oxygens (including phenoxy) is 1. The van der Waals surface area contributed by atoms with Gasteiger partial charge in [0.15, 0.2) is 14.7 Å². The Hall–Kier alpha value is -3.39. The van der Waals surface area contributed by atoms with E-state index in [-0.39, 0.29) is 27.2 Å². The largest absolute Gasteiger partial charge is 0.744 e. The summed E-state index contributed by atoms with van der Waals surface area (Å²) in [7, 11) is -4.49. The Kier molecular flexibility index (Phi) is 8.26. The van der Waals surface area contributed by atoms with E-state index in [0.717, 1.165) is 19.3 Å². The zero-order valence-corrected chi connectivity index (χ0v) is 24.9. The molecule has 0 heterocycles. The maximum Gasteiger partial charge on any atom is 0.317 e. The Morgan fingerprint density at radius 1 is 0.643 bits per heavy atom. The first-order chi connectivity index (χ1) is 20.3. The molecule has 4 aromatic carbocycles. The maximum atomic E-state index is 12.7.